The van der Waals surface area contributed by atoms with Crippen molar-refractivity contribution < 1.29 is 18.7 Å². The number of imide groups is 1. The first kappa shape index (κ1) is 18.5. The minimum Gasteiger partial charge on any atom is -0.492 e. The first-order valence-corrected chi connectivity index (χ1v) is 8.55. The van der Waals surface area contributed by atoms with E-state index >= 15 is 0 Å². The highest BCUT2D eigenvalue weighted by atomic mass is 35.5. The normalized spacial score (nSPS) is 19.6. The molecule has 2 aromatic carbocycles. The van der Waals surface area contributed by atoms with Gasteiger partial charge < -0.3 is 10.1 Å². The number of amides is 3. The van der Waals surface area contributed by atoms with Gasteiger partial charge in [-0.15, -0.1) is 0 Å². The van der Waals surface area contributed by atoms with Crippen LogP contribution in [0.25, 0.3) is 0 Å². The van der Waals surface area contributed by atoms with Gasteiger partial charge in [0.15, 0.2) is 0 Å². The number of rotatable bonds is 5. The Kier molecular flexibility index (Phi) is 5.07. The third kappa shape index (κ3) is 3.48. The molecule has 0 spiro atoms. The van der Waals surface area contributed by atoms with Crippen molar-refractivity contribution in [2.24, 2.45) is 0 Å². The molecule has 3 rings (SSSR count). The van der Waals surface area contributed by atoms with E-state index in [4.69, 9.17) is 27.9 Å². The van der Waals surface area contributed by atoms with Crippen molar-refractivity contribution in [1.29, 1.82) is 0 Å². The van der Waals surface area contributed by atoms with E-state index in [0.717, 1.165) is 4.90 Å². The molecule has 0 aromatic heterocycles. The van der Waals surface area contributed by atoms with Crippen LogP contribution in [-0.2, 0) is 10.3 Å². The molecule has 1 saturated heterocycles. The zero-order chi connectivity index (χ0) is 18.9. The molecule has 0 unspecified atom stereocenters. The summed E-state index contributed by atoms with van der Waals surface area (Å²) in [6.45, 7) is 1.71. The fourth-order valence-corrected chi connectivity index (χ4v) is 3.36. The zero-order valence-electron chi connectivity index (χ0n) is 13.8. The minimum absolute atomic E-state index is 0.0445. The van der Waals surface area contributed by atoms with Crippen LogP contribution in [0.2, 0.25) is 10.0 Å². The molecule has 1 aliphatic rings. The SMILES string of the molecule is C[C@]1(c2ccc(Cl)cc2Cl)NC(=O)N(CCOc2ccc(F)cc2)C1=O. The largest absolute Gasteiger partial charge is 0.492 e. The molecule has 1 N–H and O–H groups in total. The summed E-state index contributed by atoms with van der Waals surface area (Å²) in [6, 6.07) is 9.67. The first-order chi connectivity index (χ1) is 12.3. The number of ether oxygens (including phenoxy) is 1. The highest BCUT2D eigenvalue weighted by Crippen LogP contribution is 2.34. The summed E-state index contributed by atoms with van der Waals surface area (Å²) in [4.78, 5) is 26.1. The molecular formula is C18H15Cl2FN2O3. The van der Waals surface area contributed by atoms with E-state index in [1.54, 1.807) is 19.1 Å². The quantitative estimate of drug-likeness (QED) is 0.777. The van der Waals surface area contributed by atoms with Crippen molar-refractivity contribution in [3.05, 3.63) is 63.9 Å². The van der Waals surface area contributed by atoms with Crippen molar-refractivity contribution in [1.82, 2.24) is 10.2 Å². The lowest BCUT2D eigenvalue weighted by atomic mass is 9.92. The summed E-state index contributed by atoms with van der Waals surface area (Å²) in [5.41, 5.74) is -0.821. The van der Waals surface area contributed by atoms with Crippen molar-refractivity contribution >= 4 is 35.1 Å². The van der Waals surface area contributed by atoms with Crippen LogP contribution in [-0.4, -0.2) is 30.0 Å². The second kappa shape index (κ2) is 7.13. The Bertz CT molecular complexity index is 860. The fraction of sp³-hybridized carbons (Fsp3) is 0.222. The number of nitrogens with zero attached hydrogens (tertiary/aromatic N) is 1. The Morgan fingerprint density at radius 2 is 1.85 bits per heavy atom. The van der Waals surface area contributed by atoms with E-state index < -0.39 is 17.5 Å². The Morgan fingerprint density at radius 3 is 2.50 bits per heavy atom. The third-order valence-corrected chi connectivity index (χ3v) is 4.69. The van der Waals surface area contributed by atoms with Gasteiger partial charge in [-0.1, -0.05) is 29.3 Å². The van der Waals surface area contributed by atoms with Crippen molar-refractivity contribution in [3.8, 4) is 5.75 Å². The van der Waals surface area contributed by atoms with Gasteiger partial charge in [0.1, 0.15) is 23.7 Å². The Labute approximate surface area is 159 Å². The molecule has 0 saturated carbocycles. The number of carbonyl (C=O) groups excluding carboxylic acids is 2. The van der Waals surface area contributed by atoms with E-state index in [1.807, 2.05) is 0 Å². The maximum Gasteiger partial charge on any atom is 0.325 e. The van der Waals surface area contributed by atoms with Crippen molar-refractivity contribution in [3.63, 3.8) is 0 Å². The average Bonchev–Trinajstić information content (AvgIpc) is 2.80. The lowest BCUT2D eigenvalue weighted by Gasteiger charge is -2.23. The second-order valence-electron chi connectivity index (χ2n) is 5.94. The van der Waals surface area contributed by atoms with Crippen molar-refractivity contribution in [2.75, 3.05) is 13.2 Å². The van der Waals surface area contributed by atoms with Gasteiger partial charge in [-0.25, -0.2) is 9.18 Å². The van der Waals surface area contributed by atoms with Crippen LogP contribution in [0.5, 0.6) is 5.75 Å². The topological polar surface area (TPSA) is 58.6 Å². The number of urea groups is 1. The minimum atomic E-state index is -1.28. The molecule has 1 atom stereocenters. The smallest absolute Gasteiger partial charge is 0.325 e. The van der Waals surface area contributed by atoms with Gasteiger partial charge in [0, 0.05) is 15.6 Å². The molecule has 1 fully saturated rings. The van der Waals surface area contributed by atoms with E-state index in [9.17, 15) is 14.0 Å². The molecule has 8 heteroatoms. The fourth-order valence-electron chi connectivity index (χ4n) is 2.76. The van der Waals surface area contributed by atoms with Crippen LogP contribution < -0.4 is 10.1 Å². The van der Waals surface area contributed by atoms with Gasteiger partial charge in [0.2, 0.25) is 0 Å². The van der Waals surface area contributed by atoms with Gasteiger partial charge in [-0.2, -0.15) is 0 Å². The molecule has 1 aliphatic heterocycles. The lowest BCUT2D eigenvalue weighted by molar-refractivity contribution is -0.131. The van der Waals surface area contributed by atoms with Crippen LogP contribution in [0.4, 0.5) is 9.18 Å². The summed E-state index contributed by atoms with van der Waals surface area (Å²) in [7, 11) is 0. The van der Waals surface area contributed by atoms with Gasteiger partial charge >= 0.3 is 6.03 Å². The lowest BCUT2D eigenvalue weighted by Crippen LogP contribution is -2.41. The molecule has 136 valence electrons. The molecule has 0 aliphatic carbocycles. The first-order valence-electron chi connectivity index (χ1n) is 7.79. The van der Waals surface area contributed by atoms with Gasteiger partial charge in [0.05, 0.1) is 6.54 Å². The summed E-state index contributed by atoms with van der Waals surface area (Å²) >= 11 is 12.1. The Morgan fingerprint density at radius 1 is 1.15 bits per heavy atom. The van der Waals surface area contributed by atoms with Gasteiger partial charge in [0.25, 0.3) is 5.91 Å². The summed E-state index contributed by atoms with van der Waals surface area (Å²) < 4.78 is 18.3. The van der Waals surface area contributed by atoms with E-state index in [0.29, 0.717) is 16.3 Å². The number of hydrogen-bond donors (Lipinski definition) is 1. The Hall–Kier alpha value is -2.31. The molecular weight excluding hydrogens is 382 g/mol. The molecule has 26 heavy (non-hydrogen) atoms. The number of hydrogen-bond acceptors (Lipinski definition) is 3. The molecule has 0 bridgehead atoms. The van der Waals surface area contributed by atoms with Gasteiger partial charge in [-0.3, -0.25) is 9.69 Å². The number of benzene rings is 2. The monoisotopic (exact) mass is 396 g/mol. The molecule has 1 heterocycles. The molecule has 3 amide bonds. The van der Waals surface area contributed by atoms with Crippen LogP contribution in [0.1, 0.15) is 12.5 Å². The van der Waals surface area contributed by atoms with E-state index in [2.05, 4.69) is 5.32 Å². The number of carbonyl (C=O) groups is 2. The van der Waals surface area contributed by atoms with Crippen LogP contribution in [0, 0.1) is 5.82 Å². The maximum atomic E-state index is 12.9. The van der Waals surface area contributed by atoms with E-state index in [-0.39, 0.29) is 24.0 Å². The maximum absolute atomic E-state index is 12.9. The van der Waals surface area contributed by atoms with Crippen molar-refractivity contribution in [2.45, 2.75) is 12.5 Å². The number of halogens is 3. The molecule has 2 aromatic rings. The van der Waals surface area contributed by atoms with Crippen LogP contribution >= 0.6 is 23.2 Å². The van der Waals surface area contributed by atoms with Crippen LogP contribution in [0.15, 0.2) is 42.5 Å². The summed E-state index contributed by atoms with van der Waals surface area (Å²) in [6.07, 6.45) is 0. The highest BCUT2D eigenvalue weighted by molar-refractivity contribution is 6.35. The predicted octanol–water partition coefficient (Wildman–Crippen LogP) is 3.98. The molecule has 0 radical (unpaired) electrons. The summed E-state index contributed by atoms with van der Waals surface area (Å²) in [5, 5.41) is 3.39. The second-order valence-corrected chi connectivity index (χ2v) is 6.78. The number of nitrogens with one attached hydrogen (secondary N) is 1. The standard InChI is InChI=1S/C18H15Cl2FN2O3/c1-18(14-7-2-11(19)10-15(14)20)16(24)23(17(25)22-18)8-9-26-13-5-3-12(21)4-6-13/h2-7,10H,8-9H2,1H3,(H,22,25)/t18-/m1/s1. The third-order valence-electron chi connectivity index (χ3n) is 4.14. The zero-order valence-corrected chi connectivity index (χ0v) is 15.3. The predicted molar refractivity (Wildman–Crippen MR) is 96.0 cm³/mol. The molecule has 5 nitrogen and oxygen atoms in total. The highest BCUT2D eigenvalue weighted by Gasteiger charge is 2.49. The van der Waals surface area contributed by atoms with E-state index in [1.165, 1.54) is 30.3 Å². The summed E-state index contributed by atoms with van der Waals surface area (Å²) in [5.74, 6) is -0.363. The van der Waals surface area contributed by atoms with Gasteiger partial charge in [-0.05, 0) is 43.3 Å². The van der Waals surface area contributed by atoms with Crippen LogP contribution in [0.3, 0.4) is 0 Å². The Balaban J connectivity index is 1.71. The average molecular weight is 397 g/mol.